The lowest BCUT2D eigenvalue weighted by Crippen LogP contribution is -2.48. The molecule has 0 spiro atoms. The number of aliphatic hydroxyl groups is 1. The highest BCUT2D eigenvalue weighted by atomic mass is 32.2. The molecule has 22 heavy (non-hydrogen) atoms. The van der Waals surface area contributed by atoms with Crippen molar-refractivity contribution in [3.05, 3.63) is 0 Å². The van der Waals surface area contributed by atoms with E-state index in [2.05, 4.69) is 18.7 Å². The summed E-state index contributed by atoms with van der Waals surface area (Å²) in [7, 11) is 0. The van der Waals surface area contributed by atoms with Crippen molar-refractivity contribution in [2.24, 2.45) is 11.8 Å². The van der Waals surface area contributed by atoms with Crippen molar-refractivity contribution in [1.82, 2.24) is 9.80 Å². The van der Waals surface area contributed by atoms with Gasteiger partial charge in [-0.2, -0.15) is 11.8 Å². The fraction of sp³-hybridized carbons (Fsp3) is 0.938. The lowest BCUT2D eigenvalue weighted by atomic mass is 9.96. The summed E-state index contributed by atoms with van der Waals surface area (Å²) >= 11 is 1.71. The molecule has 1 amide bonds. The Balaban J connectivity index is 1.88. The molecule has 5 nitrogen and oxygen atoms in total. The SMILES string of the molecule is CSCCC(=O)N1C[C@@H](CN2C[C@@H](C)O[C@@H](C)C2)[C@@H](CO)C1. The number of likely N-dealkylation sites (tertiary alicyclic amines) is 1. The Morgan fingerprint density at radius 2 is 1.82 bits per heavy atom. The van der Waals surface area contributed by atoms with Crippen LogP contribution in [0.2, 0.25) is 0 Å². The third kappa shape index (κ3) is 4.85. The fourth-order valence-electron chi connectivity index (χ4n) is 3.67. The minimum Gasteiger partial charge on any atom is -0.396 e. The maximum Gasteiger partial charge on any atom is 0.223 e. The highest BCUT2D eigenvalue weighted by molar-refractivity contribution is 7.98. The van der Waals surface area contributed by atoms with E-state index < -0.39 is 0 Å². The molecule has 2 rings (SSSR count). The first-order valence-electron chi connectivity index (χ1n) is 8.28. The molecule has 0 aromatic carbocycles. The normalized spacial score (nSPS) is 33.4. The molecule has 0 radical (unpaired) electrons. The van der Waals surface area contributed by atoms with Gasteiger partial charge in [0.05, 0.1) is 12.2 Å². The number of ether oxygens (including phenoxy) is 1. The second kappa shape index (κ2) is 8.52. The van der Waals surface area contributed by atoms with E-state index in [1.54, 1.807) is 11.8 Å². The number of carbonyl (C=O) groups is 1. The Morgan fingerprint density at radius 3 is 2.41 bits per heavy atom. The summed E-state index contributed by atoms with van der Waals surface area (Å²) in [6.45, 7) is 8.74. The van der Waals surface area contributed by atoms with Gasteiger partial charge < -0.3 is 14.7 Å². The standard InChI is InChI=1S/C16H30N2O3S/c1-12-6-17(7-13(2)21-12)8-14-9-18(10-15(14)11-19)16(20)4-5-22-3/h12-15,19H,4-11H2,1-3H3/t12-,13+,14-,15-/m1/s1. The Bertz CT molecular complexity index is 359. The maximum absolute atomic E-state index is 12.2. The van der Waals surface area contributed by atoms with E-state index in [9.17, 15) is 9.90 Å². The van der Waals surface area contributed by atoms with E-state index in [1.165, 1.54) is 0 Å². The predicted molar refractivity (Wildman–Crippen MR) is 90.1 cm³/mol. The van der Waals surface area contributed by atoms with Gasteiger partial charge in [0.25, 0.3) is 0 Å². The first-order chi connectivity index (χ1) is 10.5. The molecule has 0 bridgehead atoms. The molecule has 0 saturated carbocycles. The van der Waals surface area contributed by atoms with E-state index in [0.717, 1.165) is 31.9 Å². The molecule has 2 heterocycles. The third-order valence-electron chi connectivity index (χ3n) is 4.67. The number of rotatable bonds is 6. The summed E-state index contributed by atoms with van der Waals surface area (Å²) in [4.78, 5) is 16.6. The van der Waals surface area contributed by atoms with E-state index in [1.807, 2.05) is 11.2 Å². The second-order valence-corrected chi connectivity index (χ2v) is 7.71. The first-order valence-corrected chi connectivity index (χ1v) is 9.68. The summed E-state index contributed by atoms with van der Waals surface area (Å²) in [5.74, 6) is 1.70. The largest absolute Gasteiger partial charge is 0.396 e. The number of thioether (sulfide) groups is 1. The van der Waals surface area contributed by atoms with Crippen LogP contribution in [0.4, 0.5) is 0 Å². The van der Waals surface area contributed by atoms with Gasteiger partial charge in [0.2, 0.25) is 5.91 Å². The van der Waals surface area contributed by atoms with Gasteiger partial charge in [-0.3, -0.25) is 9.69 Å². The fourth-order valence-corrected chi connectivity index (χ4v) is 4.05. The zero-order valence-corrected chi connectivity index (χ0v) is 14.8. The molecule has 2 fully saturated rings. The van der Waals surface area contributed by atoms with Crippen LogP contribution in [0.5, 0.6) is 0 Å². The predicted octanol–water partition coefficient (Wildman–Crippen LogP) is 0.916. The van der Waals surface area contributed by atoms with Gasteiger partial charge in [-0.25, -0.2) is 0 Å². The molecular weight excluding hydrogens is 300 g/mol. The van der Waals surface area contributed by atoms with Crippen LogP contribution < -0.4 is 0 Å². The van der Waals surface area contributed by atoms with E-state index in [4.69, 9.17) is 4.74 Å². The van der Waals surface area contributed by atoms with Crippen LogP contribution in [0, 0.1) is 11.8 Å². The van der Waals surface area contributed by atoms with Gasteiger partial charge in [-0.1, -0.05) is 0 Å². The van der Waals surface area contributed by atoms with Gasteiger partial charge >= 0.3 is 0 Å². The van der Waals surface area contributed by atoms with Crippen molar-refractivity contribution < 1.29 is 14.6 Å². The van der Waals surface area contributed by atoms with Crippen LogP contribution >= 0.6 is 11.8 Å². The molecule has 6 heteroatoms. The number of carbonyl (C=O) groups excluding carboxylic acids is 1. The third-order valence-corrected chi connectivity index (χ3v) is 5.28. The van der Waals surface area contributed by atoms with Crippen molar-refractivity contribution in [2.45, 2.75) is 32.5 Å². The average Bonchev–Trinajstić information content (AvgIpc) is 2.86. The average molecular weight is 330 g/mol. The molecule has 2 aliphatic heterocycles. The summed E-state index contributed by atoms with van der Waals surface area (Å²) in [5, 5.41) is 9.66. The lowest BCUT2D eigenvalue weighted by Gasteiger charge is -2.37. The Labute approximate surface area is 138 Å². The Hall–Kier alpha value is -0.300. The highest BCUT2D eigenvalue weighted by Crippen LogP contribution is 2.26. The first kappa shape index (κ1) is 18.0. The quantitative estimate of drug-likeness (QED) is 0.785. The van der Waals surface area contributed by atoms with E-state index in [-0.39, 0.29) is 30.6 Å². The monoisotopic (exact) mass is 330 g/mol. The molecule has 0 aromatic heterocycles. The molecule has 2 aliphatic rings. The topological polar surface area (TPSA) is 53.0 Å². The van der Waals surface area contributed by atoms with Crippen LogP contribution in [0.25, 0.3) is 0 Å². The highest BCUT2D eigenvalue weighted by Gasteiger charge is 2.36. The minimum atomic E-state index is 0.173. The number of nitrogens with zero attached hydrogens (tertiary/aromatic N) is 2. The molecule has 0 unspecified atom stereocenters. The van der Waals surface area contributed by atoms with Gasteiger partial charge in [0.1, 0.15) is 0 Å². The lowest BCUT2D eigenvalue weighted by molar-refractivity contribution is -0.130. The summed E-state index contributed by atoms with van der Waals surface area (Å²) in [6.07, 6.45) is 3.16. The van der Waals surface area contributed by atoms with E-state index in [0.29, 0.717) is 18.9 Å². The van der Waals surface area contributed by atoms with Gasteiger partial charge in [-0.05, 0) is 26.0 Å². The minimum absolute atomic E-state index is 0.173. The van der Waals surface area contributed by atoms with Crippen molar-refractivity contribution >= 4 is 17.7 Å². The number of morpholine rings is 1. The van der Waals surface area contributed by atoms with Crippen LogP contribution in [0.1, 0.15) is 20.3 Å². The molecule has 0 aliphatic carbocycles. The zero-order chi connectivity index (χ0) is 16.1. The number of aliphatic hydroxyl groups excluding tert-OH is 1. The Kier molecular flexibility index (Phi) is 6.99. The van der Waals surface area contributed by atoms with Gasteiger partial charge in [0, 0.05) is 57.4 Å². The zero-order valence-electron chi connectivity index (χ0n) is 14.0. The van der Waals surface area contributed by atoms with Gasteiger partial charge in [0.15, 0.2) is 0 Å². The van der Waals surface area contributed by atoms with Crippen LogP contribution in [-0.2, 0) is 9.53 Å². The summed E-state index contributed by atoms with van der Waals surface area (Å²) in [6, 6.07) is 0. The molecule has 1 N–H and O–H groups in total. The summed E-state index contributed by atoms with van der Waals surface area (Å²) < 4.78 is 5.78. The maximum atomic E-state index is 12.2. The van der Waals surface area contributed by atoms with E-state index >= 15 is 0 Å². The molecule has 2 saturated heterocycles. The molecule has 0 aromatic rings. The smallest absolute Gasteiger partial charge is 0.223 e. The van der Waals surface area contributed by atoms with Gasteiger partial charge in [-0.15, -0.1) is 0 Å². The van der Waals surface area contributed by atoms with Crippen molar-refractivity contribution in [3.8, 4) is 0 Å². The van der Waals surface area contributed by atoms with Crippen LogP contribution in [-0.4, -0.2) is 84.4 Å². The number of amides is 1. The summed E-state index contributed by atoms with van der Waals surface area (Å²) in [5.41, 5.74) is 0. The van der Waals surface area contributed by atoms with Crippen molar-refractivity contribution in [1.29, 1.82) is 0 Å². The molecule has 4 atom stereocenters. The molecule has 128 valence electrons. The molecular formula is C16H30N2O3S. The number of hydrogen-bond acceptors (Lipinski definition) is 5. The number of hydrogen-bond donors (Lipinski definition) is 1. The van der Waals surface area contributed by atoms with Crippen LogP contribution in [0.15, 0.2) is 0 Å². The van der Waals surface area contributed by atoms with Crippen molar-refractivity contribution in [2.75, 3.05) is 51.3 Å². The van der Waals surface area contributed by atoms with Crippen LogP contribution in [0.3, 0.4) is 0 Å². The Morgan fingerprint density at radius 1 is 1.18 bits per heavy atom. The second-order valence-electron chi connectivity index (χ2n) is 6.72. The van der Waals surface area contributed by atoms with Crippen molar-refractivity contribution in [3.63, 3.8) is 0 Å².